The van der Waals surface area contributed by atoms with E-state index in [1.54, 1.807) is 48.5 Å². The van der Waals surface area contributed by atoms with Crippen LogP contribution in [0.4, 0.5) is 0 Å². The molecule has 0 aromatic heterocycles. The van der Waals surface area contributed by atoms with Crippen molar-refractivity contribution in [3.63, 3.8) is 0 Å². The van der Waals surface area contributed by atoms with Gasteiger partial charge in [0.05, 0.1) is 5.75 Å². The SMILES string of the molecule is CCCCCCCCCCCCCCCCS(=O)(=O)O/N=C(/C(=O)c1ccccc1)c1ccccc1. The van der Waals surface area contributed by atoms with Crippen LogP contribution >= 0.6 is 0 Å². The van der Waals surface area contributed by atoms with Gasteiger partial charge in [-0.15, -0.1) is 0 Å². The van der Waals surface area contributed by atoms with Crippen molar-refractivity contribution in [3.8, 4) is 0 Å². The Morgan fingerprint density at radius 2 is 1.06 bits per heavy atom. The van der Waals surface area contributed by atoms with Gasteiger partial charge in [-0.1, -0.05) is 156 Å². The van der Waals surface area contributed by atoms with E-state index in [9.17, 15) is 13.2 Å². The summed E-state index contributed by atoms with van der Waals surface area (Å²) in [5.41, 5.74) is 0.914. The van der Waals surface area contributed by atoms with Gasteiger partial charge in [-0.3, -0.25) is 9.08 Å². The summed E-state index contributed by atoms with van der Waals surface area (Å²) in [5.74, 6) is -0.482. The molecule has 0 heterocycles. The van der Waals surface area contributed by atoms with Crippen molar-refractivity contribution in [2.75, 3.05) is 5.75 Å². The smallest absolute Gasteiger partial charge is 0.287 e. The lowest BCUT2D eigenvalue weighted by Crippen LogP contribution is -2.18. The average molecular weight is 514 g/mol. The van der Waals surface area contributed by atoms with E-state index in [0.29, 0.717) is 17.5 Å². The van der Waals surface area contributed by atoms with Crippen molar-refractivity contribution in [1.29, 1.82) is 0 Å². The van der Waals surface area contributed by atoms with Crippen LogP contribution in [0.5, 0.6) is 0 Å². The molecule has 0 unspecified atom stereocenters. The molecule has 0 aliphatic rings. The van der Waals surface area contributed by atoms with Crippen molar-refractivity contribution >= 4 is 21.6 Å². The third-order valence-electron chi connectivity index (χ3n) is 6.29. The predicted molar refractivity (Wildman–Crippen MR) is 149 cm³/mol. The molecule has 2 aromatic carbocycles. The van der Waals surface area contributed by atoms with Crippen LogP contribution in [-0.4, -0.2) is 25.7 Å². The molecule has 0 saturated heterocycles. The summed E-state index contributed by atoms with van der Waals surface area (Å²) < 4.78 is 29.7. The highest BCUT2D eigenvalue weighted by molar-refractivity contribution is 7.86. The van der Waals surface area contributed by atoms with Crippen molar-refractivity contribution in [3.05, 3.63) is 71.8 Å². The molecular formula is C30H43NO4S. The lowest BCUT2D eigenvalue weighted by molar-refractivity contribution is 0.106. The zero-order chi connectivity index (χ0) is 25.9. The van der Waals surface area contributed by atoms with Crippen LogP contribution in [0.3, 0.4) is 0 Å². The molecule has 0 aliphatic carbocycles. The molecule has 6 heteroatoms. The first-order valence-corrected chi connectivity index (χ1v) is 15.3. The molecule has 0 spiro atoms. The van der Waals surface area contributed by atoms with Gasteiger partial charge in [0.15, 0.2) is 5.71 Å². The number of oxime groups is 1. The number of ketones is 1. The van der Waals surface area contributed by atoms with E-state index in [2.05, 4.69) is 12.1 Å². The van der Waals surface area contributed by atoms with Crippen molar-refractivity contribution in [2.24, 2.45) is 5.16 Å². The molecule has 0 fully saturated rings. The molecule has 5 nitrogen and oxygen atoms in total. The second kappa shape index (κ2) is 17.9. The monoisotopic (exact) mass is 513 g/mol. The van der Waals surface area contributed by atoms with Crippen molar-refractivity contribution in [1.82, 2.24) is 0 Å². The third-order valence-corrected chi connectivity index (χ3v) is 7.38. The lowest BCUT2D eigenvalue weighted by atomic mass is 10.0. The molecule has 0 saturated carbocycles. The number of carbonyl (C=O) groups excluding carboxylic acids is 1. The van der Waals surface area contributed by atoms with Gasteiger partial charge in [0.25, 0.3) is 0 Å². The predicted octanol–water partition coefficient (Wildman–Crippen LogP) is 8.10. The number of nitrogens with zero attached hydrogens (tertiary/aromatic N) is 1. The maximum atomic E-state index is 13.0. The zero-order valence-electron chi connectivity index (χ0n) is 21.9. The Kier molecular flexibility index (Phi) is 14.8. The van der Waals surface area contributed by atoms with E-state index in [-0.39, 0.29) is 17.2 Å². The molecular weight excluding hydrogens is 470 g/mol. The van der Waals surface area contributed by atoms with Crippen molar-refractivity contribution in [2.45, 2.75) is 96.8 Å². The Hall–Kier alpha value is -2.47. The van der Waals surface area contributed by atoms with Crippen LogP contribution in [0.1, 0.15) is 113 Å². The summed E-state index contributed by atoms with van der Waals surface area (Å²) in [5, 5.41) is 3.81. The molecule has 0 atom stereocenters. The second-order valence-electron chi connectivity index (χ2n) is 9.43. The molecule has 0 aliphatic heterocycles. The van der Waals surface area contributed by atoms with Gasteiger partial charge in [0.2, 0.25) is 5.78 Å². The van der Waals surface area contributed by atoms with Gasteiger partial charge in [-0.2, -0.15) is 8.42 Å². The highest BCUT2D eigenvalue weighted by Gasteiger charge is 2.19. The molecule has 0 amide bonds. The van der Waals surface area contributed by atoms with Gasteiger partial charge in [0, 0.05) is 11.1 Å². The molecule has 36 heavy (non-hydrogen) atoms. The van der Waals surface area contributed by atoms with Gasteiger partial charge in [-0.05, 0) is 6.42 Å². The normalized spacial score (nSPS) is 12.0. The Balaban J connectivity index is 1.68. The highest BCUT2D eigenvalue weighted by atomic mass is 32.2. The number of carbonyl (C=O) groups is 1. The molecule has 2 aromatic rings. The molecule has 0 N–H and O–H groups in total. The van der Waals surface area contributed by atoms with Gasteiger partial charge in [-0.25, -0.2) is 0 Å². The largest absolute Gasteiger partial charge is 0.328 e. The van der Waals surface area contributed by atoms with Gasteiger partial charge < -0.3 is 0 Å². The fourth-order valence-corrected chi connectivity index (χ4v) is 4.97. The van der Waals surface area contributed by atoms with Crippen LogP contribution in [0.15, 0.2) is 65.8 Å². The topological polar surface area (TPSA) is 72.8 Å². The summed E-state index contributed by atoms with van der Waals surface area (Å²) >= 11 is 0. The highest BCUT2D eigenvalue weighted by Crippen LogP contribution is 2.14. The minimum atomic E-state index is -3.86. The van der Waals surface area contributed by atoms with Crippen LogP contribution in [0.2, 0.25) is 0 Å². The first-order valence-electron chi connectivity index (χ1n) is 13.7. The average Bonchev–Trinajstić information content (AvgIpc) is 2.90. The van der Waals surface area contributed by atoms with Gasteiger partial charge >= 0.3 is 10.1 Å². The number of hydrogen-bond donors (Lipinski definition) is 0. The second-order valence-corrected chi connectivity index (χ2v) is 11.1. The quantitative estimate of drug-likeness (QED) is 0.0776. The van der Waals surface area contributed by atoms with Gasteiger partial charge in [0.1, 0.15) is 0 Å². The standard InChI is InChI=1S/C30H43NO4S/c1-2-3-4-5-6-7-8-9-10-11-12-13-14-21-26-36(33,34)35-31-29(27-22-17-15-18-23-27)30(32)28-24-19-16-20-25-28/h15-20,22-25H,2-14,21,26H2,1H3/b31-29+. The maximum absolute atomic E-state index is 13.0. The van der Waals surface area contributed by atoms with E-state index in [4.69, 9.17) is 4.28 Å². The first-order chi connectivity index (χ1) is 17.5. The van der Waals surface area contributed by atoms with E-state index < -0.39 is 10.1 Å². The number of benzene rings is 2. The fourth-order valence-electron chi connectivity index (χ4n) is 4.15. The van der Waals surface area contributed by atoms with E-state index in [1.807, 2.05) is 12.1 Å². The Labute approximate surface area is 218 Å². The van der Waals surface area contributed by atoms with Crippen LogP contribution < -0.4 is 0 Å². The molecule has 0 radical (unpaired) electrons. The fraction of sp³-hybridized carbons (Fsp3) is 0.533. The number of hydrogen-bond acceptors (Lipinski definition) is 5. The summed E-state index contributed by atoms with van der Waals surface area (Å²) in [6.07, 6.45) is 16.8. The van der Waals surface area contributed by atoms with E-state index in [1.165, 1.54) is 64.2 Å². The minimum Gasteiger partial charge on any atom is -0.287 e. The molecule has 2 rings (SSSR count). The Morgan fingerprint density at radius 1 is 0.639 bits per heavy atom. The summed E-state index contributed by atoms with van der Waals surface area (Å²) in [4.78, 5) is 13.0. The van der Waals surface area contributed by atoms with Crippen LogP contribution in [0.25, 0.3) is 0 Å². The van der Waals surface area contributed by atoms with E-state index >= 15 is 0 Å². The minimum absolute atomic E-state index is 0.0219. The van der Waals surface area contributed by atoms with Crippen molar-refractivity contribution < 1.29 is 17.5 Å². The van der Waals surface area contributed by atoms with E-state index in [0.717, 1.165) is 19.3 Å². The number of rotatable bonds is 20. The molecule has 198 valence electrons. The zero-order valence-corrected chi connectivity index (χ0v) is 22.7. The summed E-state index contributed by atoms with van der Waals surface area (Å²) in [6.45, 7) is 2.25. The van der Waals surface area contributed by atoms with Crippen LogP contribution in [0, 0.1) is 0 Å². The number of Topliss-reactive ketones (excluding diaryl/α,β-unsaturated/α-hetero) is 1. The summed E-state index contributed by atoms with van der Waals surface area (Å²) in [6, 6.07) is 17.4. The molecule has 0 bridgehead atoms. The maximum Gasteiger partial charge on any atom is 0.328 e. The lowest BCUT2D eigenvalue weighted by Gasteiger charge is -2.07. The third kappa shape index (κ3) is 12.5. The summed E-state index contributed by atoms with van der Waals surface area (Å²) in [7, 11) is -3.86. The van der Waals surface area contributed by atoms with Crippen LogP contribution in [-0.2, 0) is 14.4 Å². The first kappa shape index (κ1) is 29.8. The number of unbranched alkanes of at least 4 members (excludes halogenated alkanes) is 13. The Bertz CT molecular complexity index is 988. The Morgan fingerprint density at radius 3 is 1.53 bits per heavy atom.